The van der Waals surface area contributed by atoms with E-state index in [2.05, 4.69) is 10.5 Å². The van der Waals surface area contributed by atoms with Crippen molar-refractivity contribution in [1.29, 1.82) is 0 Å². The van der Waals surface area contributed by atoms with Crippen molar-refractivity contribution in [3.05, 3.63) is 59.7 Å². The first-order valence-electron chi connectivity index (χ1n) is 8.31. The number of methoxy groups -OCH3 is 1. The molecule has 1 N–H and O–H groups in total. The number of carbonyl (C=O) groups is 1. The van der Waals surface area contributed by atoms with E-state index in [1.165, 1.54) is 24.1 Å². The summed E-state index contributed by atoms with van der Waals surface area (Å²) in [6, 6.07) is 10.0. The number of nitrogens with zero attached hydrogens (tertiary/aromatic N) is 2. The zero-order chi connectivity index (χ0) is 19.4. The number of anilines is 1. The Hall–Kier alpha value is -3.16. The lowest BCUT2D eigenvalue weighted by molar-refractivity contribution is 0.0672. The van der Waals surface area contributed by atoms with Crippen molar-refractivity contribution >= 4 is 17.4 Å². The first kappa shape index (κ1) is 18.6. The first-order chi connectivity index (χ1) is 13.0. The lowest BCUT2D eigenvalue weighted by Crippen LogP contribution is -2.37. The van der Waals surface area contributed by atoms with Crippen LogP contribution in [-0.4, -0.2) is 43.4 Å². The smallest absolute Gasteiger partial charge is 0.321 e. The second-order valence-electron chi connectivity index (χ2n) is 6.10. The fraction of sp³-hybridized carbons (Fsp3) is 0.263. The van der Waals surface area contributed by atoms with Gasteiger partial charge in [0.1, 0.15) is 17.4 Å². The highest BCUT2D eigenvalue weighted by molar-refractivity contribution is 6.01. The number of oxime groups is 1. The summed E-state index contributed by atoms with van der Waals surface area (Å²) in [4.78, 5) is 19.1. The normalized spacial score (nSPS) is 15.7. The van der Waals surface area contributed by atoms with Crippen LogP contribution < -0.4 is 10.1 Å². The van der Waals surface area contributed by atoms with Gasteiger partial charge in [-0.25, -0.2) is 13.6 Å². The second kappa shape index (κ2) is 8.03. The molecule has 0 radical (unpaired) electrons. The number of ether oxygens (including phenoxy) is 1. The van der Waals surface area contributed by atoms with Crippen molar-refractivity contribution in [1.82, 2.24) is 4.90 Å². The summed E-state index contributed by atoms with van der Waals surface area (Å²) >= 11 is 0. The number of carbonyl (C=O) groups excluding carboxylic acids is 1. The molecule has 27 heavy (non-hydrogen) atoms. The van der Waals surface area contributed by atoms with Gasteiger partial charge in [-0.05, 0) is 24.3 Å². The molecule has 3 rings (SSSR count). The molecule has 1 aliphatic rings. The Morgan fingerprint density at radius 2 is 2.11 bits per heavy atom. The van der Waals surface area contributed by atoms with Crippen LogP contribution in [-0.2, 0) is 4.84 Å². The Morgan fingerprint density at radius 1 is 1.33 bits per heavy atom. The third kappa shape index (κ3) is 4.33. The van der Waals surface area contributed by atoms with Gasteiger partial charge in [-0.15, -0.1) is 0 Å². The van der Waals surface area contributed by atoms with Gasteiger partial charge in [0.15, 0.2) is 6.10 Å². The second-order valence-corrected chi connectivity index (χ2v) is 6.10. The fourth-order valence-corrected chi connectivity index (χ4v) is 2.76. The number of benzene rings is 2. The topological polar surface area (TPSA) is 63.2 Å². The Morgan fingerprint density at radius 3 is 2.85 bits per heavy atom. The standard InChI is InChI=1S/C19H19F2N3O3/c1-24(19(25)22-16-5-3-4-6-18(16)26-2)11-13-10-17(23-27-13)14-8-7-12(20)9-15(14)21/h3-9,13H,10-11H2,1-2H3,(H,22,25). The lowest BCUT2D eigenvalue weighted by atomic mass is 10.0. The molecule has 1 atom stereocenters. The maximum Gasteiger partial charge on any atom is 0.321 e. The zero-order valence-corrected chi connectivity index (χ0v) is 14.9. The summed E-state index contributed by atoms with van der Waals surface area (Å²) in [7, 11) is 3.14. The number of hydrogen-bond donors (Lipinski definition) is 1. The van der Waals surface area contributed by atoms with Crippen molar-refractivity contribution in [2.45, 2.75) is 12.5 Å². The molecule has 8 heteroatoms. The molecule has 2 aromatic carbocycles. The minimum Gasteiger partial charge on any atom is -0.495 e. The van der Waals surface area contributed by atoms with Gasteiger partial charge < -0.3 is 19.8 Å². The summed E-state index contributed by atoms with van der Waals surface area (Å²) < 4.78 is 32.1. The van der Waals surface area contributed by atoms with E-state index in [4.69, 9.17) is 9.57 Å². The van der Waals surface area contributed by atoms with Crippen molar-refractivity contribution in [3.8, 4) is 5.75 Å². The minimum absolute atomic E-state index is 0.194. The van der Waals surface area contributed by atoms with E-state index in [1.807, 2.05) is 0 Å². The number of urea groups is 1. The summed E-state index contributed by atoms with van der Waals surface area (Å²) in [5, 5.41) is 6.64. The fourth-order valence-electron chi connectivity index (χ4n) is 2.76. The highest BCUT2D eigenvalue weighted by Crippen LogP contribution is 2.24. The maximum atomic E-state index is 13.9. The van der Waals surface area contributed by atoms with Gasteiger partial charge >= 0.3 is 6.03 Å². The van der Waals surface area contributed by atoms with Crippen molar-refractivity contribution < 1.29 is 23.1 Å². The number of likely N-dealkylation sites (N-methyl/N-ethyl adjacent to an activating group) is 1. The van der Waals surface area contributed by atoms with E-state index in [0.29, 0.717) is 23.6 Å². The van der Waals surface area contributed by atoms with Crippen LogP contribution in [0.1, 0.15) is 12.0 Å². The molecule has 6 nitrogen and oxygen atoms in total. The quantitative estimate of drug-likeness (QED) is 0.868. The Labute approximate surface area is 155 Å². The summed E-state index contributed by atoms with van der Waals surface area (Å²) in [6.45, 7) is 0.247. The third-order valence-electron chi connectivity index (χ3n) is 4.15. The summed E-state index contributed by atoms with van der Waals surface area (Å²) in [5.41, 5.74) is 1.13. The van der Waals surface area contributed by atoms with E-state index in [9.17, 15) is 13.6 Å². The minimum atomic E-state index is -0.694. The van der Waals surface area contributed by atoms with E-state index >= 15 is 0 Å². The van der Waals surface area contributed by atoms with Crippen LogP contribution in [0.25, 0.3) is 0 Å². The maximum absolute atomic E-state index is 13.9. The van der Waals surface area contributed by atoms with Crippen LogP contribution >= 0.6 is 0 Å². The van der Waals surface area contributed by atoms with Crippen LogP contribution in [0, 0.1) is 11.6 Å². The van der Waals surface area contributed by atoms with E-state index in [-0.39, 0.29) is 18.1 Å². The molecule has 2 amide bonds. The molecule has 1 aliphatic heterocycles. The Bertz CT molecular complexity index is 873. The van der Waals surface area contributed by atoms with Gasteiger partial charge in [0.05, 0.1) is 25.1 Å². The Balaban J connectivity index is 1.57. The molecule has 0 saturated carbocycles. The van der Waals surface area contributed by atoms with Gasteiger partial charge in [0.2, 0.25) is 0 Å². The molecule has 0 aliphatic carbocycles. The monoisotopic (exact) mass is 375 g/mol. The van der Waals surface area contributed by atoms with E-state index in [1.54, 1.807) is 31.3 Å². The number of rotatable bonds is 5. The lowest BCUT2D eigenvalue weighted by Gasteiger charge is -2.21. The number of para-hydroxylation sites is 2. The molecule has 142 valence electrons. The molecule has 0 fully saturated rings. The average molecular weight is 375 g/mol. The summed E-state index contributed by atoms with van der Waals surface area (Å²) in [6.07, 6.45) is -0.104. The molecule has 1 unspecified atom stereocenters. The van der Waals surface area contributed by atoms with Crippen molar-refractivity contribution in [2.24, 2.45) is 5.16 Å². The van der Waals surface area contributed by atoms with E-state index < -0.39 is 17.7 Å². The highest BCUT2D eigenvalue weighted by atomic mass is 19.1. The van der Waals surface area contributed by atoms with Crippen LogP contribution in [0.3, 0.4) is 0 Å². The van der Waals surface area contributed by atoms with Crippen molar-refractivity contribution in [2.75, 3.05) is 26.0 Å². The average Bonchev–Trinajstić information content (AvgIpc) is 3.10. The van der Waals surface area contributed by atoms with Crippen LogP contribution in [0.15, 0.2) is 47.6 Å². The summed E-state index contributed by atoms with van der Waals surface area (Å²) in [5.74, 6) is -0.797. The molecule has 0 bridgehead atoms. The van der Waals surface area contributed by atoms with Crippen LogP contribution in [0.5, 0.6) is 5.75 Å². The van der Waals surface area contributed by atoms with Crippen LogP contribution in [0.4, 0.5) is 19.3 Å². The first-order valence-corrected chi connectivity index (χ1v) is 8.31. The molecule has 0 spiro atoms. The zero-order valence-electron chi connectivity index (χ0n) is 14.9. The number of hydrogen-bond acceptors (Lipinski definition) is 4. The third-order valence-corrected chi connectivity index (χ3v) is 4.15. The molecule has 2 aromatic rings. The molecule has 1 heterocycles. The SMILES string of the molecule is COc1ccccc1NC(=O)N(C)CC1CC(c2ccc(F)cc2F)=NO1. The highest BCUT2D eigenvalue weighted by Gasteiger charge is 2.27. The van der Waals surface area contributed by atoms with Gasteiger partial charge in [-0.3, -0.25) is 0 Å². The van der Waals surface area contributed by atoms with Crippen molar-refractivity contribution in [3.63, 3.8) is 0 Å². The predicted octanol–water partition coefficient (Wildman–Crippen LogP) is 3.63. The van der Waals surface area contributed by atoms with Gasteiger partial charge in [0, 0.05) is 25.1 Å². The molecule has 0 aromatic heterocycles. The number of halogens is 2. The number of amides is 2. The Kier molecular flexibility index (Phi) is 5.54. The van der Waals surface area contributed by atoms with Gasteiger partial charge in [0.25, 0.3) is 0 Å². The van der Waals surface area contributed by atoms with Gasteiger partial charge in [-0.1, -0.05) is 17.3 Å². The predicted molar refractivity (Wildman–Crippen MR) is 97.0 cm³/mol. The van der Waals surface area contributed by atoms with Gasteiger partial charge in [-0.2, -0.15) is 0 Å². The largest absolute Gasteiger partial charge is 0.495 e. The molecular weight excluding hydrogens is 356 g/mol. The number of nitrogens with one attached hydrogen (secondary N) is 1. The van der Waals surface area contributed by atoms with Crippen LogP contribution in [0.2, 0.25) is 0 Å². The van der Waals surface area contributed by atoms with E-state index in [0.717, 1.165) is 6.07 Å². The molecule has 0 saturated heterocycles. The molecular formula is C19H19F2N3O3.